The summed E-state index contributed by atoms with van der Waals surface area (Å²) in [5.41, 5.74) is 6.95. The molecule has 2 aromatic carbocycles. The van der Waals surface area contributed by atoms with Crippen molar-refractivity contribution in [2.24, 2.45) is 0 Å². The minimum Gasteiger partial charge on any atom is -0.489 e. The highest BCUT2D eigenvalue weighted by Crippen LogP contribution is 2.19. The van der Waals surface area contributed by atoms with Crippen LogP contribution in [-0.2, 0) is 6.61 Å². The first-order chi connectivity index (χ1) is 7.74. The van der Waals surface area contributed by atoms with Gasteiger partial charge in [-0.2, -0.15) is 0 Å². The molecule has 0 fully saturated rings. The van der Waals surface area contributed by atoms with Crippen LogP contribution < -0.4 is 10.5 Å². The van der Waals surface area contributed by atoms with E-state index in [1.165, 1.54) is 17.7 Å². The van der Waals surface area contributed by atoms with E-state index in [1.54, 1.807) is 12.1 Å². The van der Waals surface area contributed by atoms with Gasteiger partial charge in [0.25, 0.3) is 0 Å². The highest BCUT2D eigenvalue weighted by Gasteiger charge is 2.01. The van der Waals surface area contributed by atoms with Crippen molar-refractivity contribution in [1.29, 1.82) is 0 Å². The van der Waals surface area contributed by atoms with Gasteiger partial charge in [0.15, 0.2) is 0 Å². The molecule has 2 nitrogen and oxygen atoms in total. The standard InChI is InChI=1S/C7H6O.C6H6FN/c1-3-7-4-2-6(1)5-8-7;7-5-2-1-3-6(8)4-5/h1-4H,5H2;1-4H,8H2. The molecular formula is C13H12FNO. The average Bonchev–Trinajstić information content (AvgIpc) is 2.32. The molecule has 0 aromatic heterocycles. The molecule has 0 unspecified atom stereocenters. The molecular weight excluding hydrogens is 205 g/mol. The minimum atomic E-state index is -0.287. The Morgan fingerprint density at radius 3 is 2.06 bits per heavy atom. The minimum absolute atomic E-state index is 0.287. The fourth-order valence-corrected chi connectivity index (χ4v) is 1.36. The number of nitrogen functional groups attached to an aromatic ring is 1. The number of anilines is 1. The van der Waals surface area contributed by atoms with Crippen LogP contribution in [0.15, 0.2) is 48.5 Å². The molecule has 2 N–H and O–H groups in total. The largest absolute Gasteiger partial charge is 0.489 e. The summed E-state index contributed by atoms with van der Waals surface area (Å²) in [4.78, 5) is 0. The smallest absolute Gasteiger partial charge is 0.125 e. The van der Waals surface area contributed by atoms with Gasteiger partial charge in [0.2, 0.25) is 0 Å². The van der Waals surface area contributed by atoms with Crippen LogP contribution in [0.2, 0.25) is 0 Å². The topological polar surface area (TPSA) is 35.2 Å². The van der Waals surface area contributed by atoms with Gasteiger partial charge in [-0.3, -0.25) is 0 Å². The number of ether oxygens (including phenoxy) is 1. The molecule has 0 radical (unpaired) electrons. The third-order valence-corrected chi connectivity index (χ3v) is 2.18. The molecule has 3 heteroatoms. The maximum atomic E-state index is 12.1. The first-order valence-corrected chi connectivity index (χ1v) is 4.97. The SMILES string of the molecule is Nc1cccc(F)c1.c1cc2ccc1CO2. The maximum Gasteiger partial charge on any atom is 0.125 e. The quantitative estimate of drug-likeness (QED) is 0.688. The first kappa shape index (κ1) is 10.5. The summed E-state index contributed by atoms with van der Waals surface area (Å²) in [6.07, 6.45) is 0. The summed E-state index contributed by atoms with van der Waals surface area (Å²) < 4.78 is 17.3. The lowest BCUT2D eigenvalue weighted by Gasteiger charge is -2.11. The number of nitrogens with two attached hydrogens (primary N) is 1. The zero-order chi connectivity index (χ0) is 11.4. The van der Waals surface area contributed by atoms with E-state index in [4.69, 9.17) is 10.5 Å². The van der Waals surface area contributed by atoms with Crippen molar-refractivity contribution >= 4 is 5.69 Å². The zero-order valence-electron chi connectivity index (χ0n) is 8.69. The Morgan fingerprint density at radius 2 is 1.81 bits per heavy atom. The van der Waals surface area contributed by atoms with Gasteiger partial charge in [0.05, 0.1) is 0 Å². The normalized spacial score (nSPS) is 11.3. The Kier molecular flexibility index (Phi) is 3.05. The van der Waals surface area contributed by atoms with E-state index in [-0.39, 0.29) is 5.82 Å². The molecule has 4 rings (SSSR count). The van der Waals surface area contributed by atoms with Crippen LogP contribution in [0.3, 0.4) is 0 Å². The van der Waals surface area contributed by atoms with E-state index in [9.17, 15) is 4.39 Å². The Balaban J connectivity index is 0.000000120. The molecule has 0 saturated carbocycles. The number of hydrogen-bond acceptors (Lipinski definition) is 2. The number of fused-ring (bicyclic) bond motifs is 3. The van der Waals surface area contributed by atoms with Gasteiger partial charge in [0.1, 0.15) is 18.2 Å². The van der Waals surface area contributed by atoms with E-state index < -0.39 is 0 Å². The number of halogens is 1. The molecule has 82 valence electrons. The third kappa shape index (κ3) is 2.73. The van der Waals surface area contributed by atoms with Gasteiger partial charge < -0.3 is 10.5 Å². The van der Waals surface area contributed by atoms with E-state index in [1.807, 2.05) is 12.1 Å². The van der Waals surface area contributed by atoms with Crippen molar-refractivity contribution in [2.45, 2.75) is 6.61 Å². The second-order valence-electron chi connectivity index (χ2n) is 3.49. The predicted octanol–water partition coefficient (Wildman–Crippen LogP) is 2.99. The molecule has 0 spiro atoms. The summed E-state index contributed by atoms with van der Waals surface area (Å²) in [7, 11) is 0. The van der Waals surface area contributed by atoms with E-state index in [0.717, 1.165) is 12.4 Å². The van der Waals surface area contributed by atoms with Crippen LogP contribution >= 0.6 is 0 Å². The lowest BCUT2D eigenvalue weighted by molar-refractivity contribution is 0.295. The Labute approximate surface area is 93.5 Å². The summed E-state index contributed by atoms with van der Waals surface area (Å²) in [6, 6.07) is 14.0. The highest BCUT2D eigenvalue weighted by molar-refractivity contribution is 5.36. The monoisotopic (exact) mass is 217 g/mol. The second kappa shape index (κ2) is 4.66. The Bertz CT molecular complexity index is 427. The number of hydrogen-bond donors (Lipinski definition) is 1. The van der Waals surface area contributed by atoms with Crippen LogP contribution in [0.5, 0.6) is 5.75 Å². The fraction of sp³-hybridized carbons (Fsp3) is 0.0769. The molecule has 2 aromatic rings. The molecule has 2 aliphatic rings. The Morgan fingerprint density at radius 1 is 1.06 bits per heavy atom. The van der Waals surface area contributed by atoms with Crippen molar-refractivity contribution in [2.75, 3.05) is 5.73 Å². The second-order valence-corrected chi connectivity index (χ2v) is 3.49. The van der Waals surface area contributed by atoms with E-state index in [0.29, 0.717) is 5.69 Å². The van der Waals surface area contributed by atoms with E-state index in [2.05, 4.69) is 12.1 Å². The molecule has 16 heavy (non-hydrogen) atoms. The summed E-state index contributed by atoms with van der Waals surface area (Å²) in [6.45, 7) is 0.766. The third-order valence-electron chi connectivity index (χ3n) is 2.18. The van der Waals surface area contributed by atoms with Gasteiger partial charge in [-0.05, 0) is 35.9 Å². The molecule has 0 atom stereocenters. The van der Waals surface area contributed by atoms with Gasteiger partial charge in [0, 0.05) is 5.69 Å². The number of benzene rings is 2. The van der Waals surface area contributed by atoms with Crippen molar-refractivity contribution in [3.63, 3.8) is 0 Å². The maximum absolute atomic E-state index is 12.1. The van der Waals surface area contributed by atoms with Crippen molar-refractivity contribution in [3.05, 3.63) is 59.9 Å². The summed E-state index contributed by atoms with van der Waals surface area (Å²) in [5.74, 6) is 0.699. The van der Waals surface area contributed by atoms with Crippen LogP contribution in [-0.4, -0.2) is 0 Å². The molecule has 0 saturated heterocycles. The van der Waals surface area contributed by atoms with Crippen molar-refractivity contribution in [3.8, 4) is 5.75 Å². The summed E-state index contributed by atoms with van der Waals surface area (Å²) >= 11 is 0. The fourth-order valence-electron chi connectivity index (χ4n) is 1.36. The van der Waals surface area contributed by atoms with Crippen LogP contribution in [0.25, 0.3) is 0 Å². The van der Waals surface area contributed by atoms with Crippen LogP contribution in [0.4, 0.5) is 10.1 Å². The Hall–Kier alpha value is -2.03. The first-order valence-electron chi connectivity index (χ1n) is 4.97. The van der Waals surface area contributed by atoms with Crippen LogP contribution in [0, 0.1) is 5.82 Å². The zero-order valence-corrected chi connectivity index (χ0v) is 8.69. The van der Waals surface area contributed by atoms with Crippen LogP contribution in [0.1, 0.15) is 5.56 Å². The molecule has 0 aliphatic carbocycles. The molecule has 2 bridgehead atoms. The van der Waals surface area contributed by atoms with Crippen molar-refractivity contribution < 1.29 is 9.13 Å². The average molecular weight is 217 g/mol. The van der Waals surface area contributed by atoms with Gasteiger partial charge in [-0.25, -0.2) is 4.39 Å². The molecule has 2 heterocycles. The van der Waals surface area contributed by atoms with Gasteiger partial charge >= 0.3 is 0 Å². The highest BCUT2D eigenvalue weighted by atomic mass is 19.1. The van der Waals surface area contributed by atoms with E-state index >= 15 is 0 Å². The van der Waals surface area contributed by atoms with Gasteiger partial charge in [-0.15, -0.1) is 0 Å². The molecule has 2 aliphatic heterocycles. The summed E-state index contributed by atoms with van der Waals surface area (Å²) in [5, 5.41) is 0. The molecule has 0 amide bonds. The lowest BCUT2D eigenvalue weighted by atomic mass is 10.2. The van der Waals surface area contributed by atoms with Gasteiger partial charge in [-0.1, -0.05) is 18.2 Å². The predicted molar refractivity (Wildman–Crippen MR) is 61.6 cm³/mol. The lowest BCUT2D eigenvalue weighted by Crippen LogP contribution is -2.00. The number of rotatable bonds is 0. The van der Waals surface area contributed by atoms with Crippen molar-refractivity contribution in [1.82, 2.24) is 0 Å².